The smallest absolute Gasteiger partial charge is 0.313 e. The van der Waals surface area contributed by atoms with Crippen molar-refractivity contribution >= 4 is 16.0 Å². The molecule has 7 heteroatoms. The Kier molecular flexibility index (Phi) is 5.05. The Labute approximate surface area is 155 Å². The lowest BCUT2D eigenvalue weighted by Crippen LogP contribution is -2.45. The van der Waals surface area contributed by atoms with Gasteiger partial charge in [0.25, 0.3) is 0 Å². The van der Waals surface area contributed by atoms with Crippen molar-refractivity contribution in [3.05, 3.63) is 23.8 Å². The Bertz CT molecular complexity index is 806. The van der Waals surface area contributed by atoms with Crippen molar-refractivity contribution < 1.29 is 22.7 Å². The molecule has 26 heavy (non-hydrogen) atoms. The van der Waals surface area contributed by atoms with Crippen molar-refractivity contribution in [2.45, 2.75) is 63.4 Å². The fourth-order valence-corrected chi connectivity index (χ4v) is 6.79. The summed E-state index contributed by atoms with van der Waals surface area (Å²) in [7, 11) is -2.30. The average molecular weight is 381 g/mol. The highest BCUT2D eigenvalue weighted by atomic mass is 32.2. The summed E-state index contributed by atoms with van der Waals surface area (Å²) in [4.78, 5) is 12.9. The number of carbonyl (C=O) groups is 1. The van der Waals surface area contributed by atoms with Crippen molar-refractivity contribution in [1.82, 2.24) is 4.31 Å². The molecule has 3 rings (SSSR count). The van der Waals surface area contributed by atoms with Gasteiger partial charge in [-0.25, -0.2) is 8.42 Å². The van der Waals surface area contributed by atoms with Crippen LogP contribution in [0.25, 0.3) is 0 Å². The van der Waals surface area contributed by atoms with Gasteiger partial charge < -0.3 is 9.47 Å². The molecule has 2 aliphatic rings. The number of esters is 1. The Hall–Kier alpha value is -1.60. The van der Waals surface area contributed by atoms with E-state index < -0.39 is 15.4 Å². The molecule has 0 aliphatic carbocycles. The van der Waals surface area contributed by atoms with Crippen molar-refractivity contribution in [1.29, 1.82) is 0 Å². The number of rotatable bonds is 6. The molecular formula is C19H27NO5S. The van der Waals surface area contributed by atoms with Gasteiger partial charge in [0.15, 0.2) is 0 Å². The Morgan fingerprint density at radius 1 is 1.31 bits per heavy atom. The summed E-state index contributed by atoms with van der Waals surface area (Å²) in [5, 5.41) is 0. The molecule has 0 aromatic heterocycles. The fourth-order valence-electron chi connectivity index (χ4n) is 4.61. The van der Waals surface area contributed by atoms with Crippen LogP contribution in [0.4, 0.5) is 0 Å². The molecule has 6 nitrogen and oxygen atoms in total. The minimum atomic E-state index is -3.77. The molecule has 0 N–H and O–H groups in total. The van der Waals surface area contributed by atoms with Gasteiger partial charge in [-0.15, -0.1) is 0 Å². The van der Waals surface area contributed by atoms with E-state index in [9.17, 15) is 13.2 Å². The highest BCUT2D eigenvalue weighted by Crippen LogP contribution is 2.54. The van der Waals surface area contributed by atoms with Gasteiger partial charge in [0.05, 0.1) is 19.1 Å². The number of carbonyl (C=O) groups excluding carboxylic acids is 1. The summed E-state index contributed by atoms with van der Waals surface area (Å²) in [6.07, 6.45) is 2.56. The third kappa shape index (κ3) is 2.72. The van der Waals surface area contributed by atoms with Crippen LogP contribution in [-0.4, -0.2) is 44.5 Å². The first-order valence-corrected chi connectivity index (χ1v) is 10.6. The van der Waals surface area contributed by atoms with E-state index in [4.69, 9.17) is 9.47 Å². The number of benzene rings is 1. The summed E-state index contributed by atoms with van der Waals surface area (Å²) in [5.74, 6) is 0.0613. The second kappa shape index (κ2) is 6.85. The van der Waals surface area contributed by atoms with Crippen molar-refractivity contribution in [2.24, 2.45) is 5.41 Å². The van der Waals surface area contributed by atoms with Crippen molar-refractivity contribution in [2.75, 3.05) is 13.7 Å². The SMILES string of the molecule is CCOC(=O)[C@]1(CC)C[C@@H]2CC[C@H]1N2S(=O)(=O)c1cc(C)ccc1OC. The van der Waals surface area contributed by atoms with Gasteiger partial charge in [-0.05, 0) is 57.2 Å². The molecule has 0 radical (unpaired) electrons. The molecule has 0 saturated carbocycles. The van der Waals surface area contributed by atoms with Crippen LogP contribution < -0.4 is 4.74 Å². The van der Waals surface area contributed by atoms with Gasteiger partial charge in [0.2, 0.25) is 10.0 Å². The molecule has 0 unspecified atom stereocenters. The zero-order chi connectivity index (χ0) is 19.1. The molecule has 144 valence electrons. The first-order chi connectivity index (χ1) is 12.3. The molecule has 1 aromatic carbocycles. The number of nitrogens with zero attached hydrogens (tertiary/aromatic N) is 1. The Balaban J connectivity index is 2.05. The molecule has 2 aliphatic heterocycles. The zero-order valence-electron chi connectivity index (χ0n) is 15.8. The van der Waals surface area contributed by atoms with Gasteiger partial charge in [-0.2, -0.15) is 4.31 Å². The number of aryl methyl sites for hydroxylation is 1. The first-order valence-electron chi connectivity index (χ1n) is 9.17. The standard InChI is InChI=1S/C19H27NO5S/c1-5-19(18(21)25-6-2)12-14-8-10-17(19)20(14)26(22,23)16-11-13(3)7-9-15(16)24-4/h7,9,11,14,17H,5-6,8,10,12H2,1-4H3/t14-,17+,19+/m0/s1. The number of sulfonamides is 1. The van der Waals surface area contributed by atoms with E-state index in [1.54, 1.807) is 23.4 Å². The lowest BCUT2D eigenvalue weighted by molar-refractivity contribution is -0.157. The van der Waals surface area contributed by atoms with Crippen LogP contribution in [0, 0.1) is 12.3 Å². The summed E-state index contributed by atoms with van der Waals surface area (Å²) in [6.45, 7) is 5.87. The molecule has 2 bridgehead atoms. The van der Waals surface area contributed by atoms with Crippen LogP contribution in [0.2, 0.25) is 0 Å². The minimum absolute atomic E-state index is 0.167. The van der Waals surface area contributed by atoms with E-state index in [0.717, 1.165) is 12.0 Å². The zero-order valence-corrected chi connectivity index (χ0v) is 16.6. The molecule has 3 atom stereocenters. The summed E-state index contributed by atoms with van der Waals surface area (Å²) in [6, 6.07) is 4.62. The number of hydrogen-bond acceptors (Lipinski definition) is 5. The number of fused-ring (bicyclic) bond motifs is 2. The quantitative estimate of drug-likeness (QED) is 0.709. The van der Waals surface area contributed by atoms with E-state index >= 15 is 0 Å². The Morgan fingerprint density at radius 3 is 2.65 bits per heavy atom. The van der Waals surface area contributed by atoms with Gasteiger partial charge in [-0.1, -0.05) is 13.0 Å². The Morgan fingerprint density at radius 2 is 2.04 bits per heavy atom. The van der Waals surface area contributed by atoms with Crippen LogP contribution >= 0.6 is 0 Å². The van der Waals surface area contributed by atoms with Crippen LogP contribution in [-0.2, 0) is 19.6 Å². The van der Waals surface area contributed by atoms with Gasteiger partial charge in [-0.3, -0.25) is 4.79 Å². The monoisotopic (exact) mass is 381 g/mol. The highest BCUT2D eigenvalue weighted by Gasteiger charge is 2.63. The maximum absolute atomic E-state index is 13.5. The largest absolute Gasteiger partial charge is 0.495 e. The first kappa shape index (κ1) is 19.2. The van der Waals surface area contributed by atoms with E-state index in [1.165, 1.54) is 7.11 Å². The third-order valence-corrected chi connectivity index (χ3v) is 7.85. The molecule has 0 spiro atoms. The van der Waals surface area contributed by atoms with Crippen LogP contribution in [0.5, 0.6) is 5.75 Å². The van der Waals surface area contributed by atoms with Gasteiger partial charge >= 0.3 is 5.97 Å². The second-order valence-corrected chi connectivity index (χ2v) is 8.98. The van der Waals surface area contributed by atoms with E-state index in [1.807, 2.05) is 19.9 Å². The van der Waals surface area contributed by atoms with E-state index in [-0.39, 0.29) is 22.9 Å². The summed E-state index contributed by atoms with van der Waals surface area (Å²) >= 11 is 0. The minimum Gasteiger partial charge on any atom is -0.495 e. The third-order valence-electron chi connectivity index (χ3n) is 5.87. The van der Waals surface area contributed by atoms with Crippen molar-refractivity contribution in [3.8, 4) is 5.75 Å². The topological polar surface area (TPSA) is 72.9 Å². The van der Waals surface area contributed by atoms with Crippen LogP contribution in [0.15, 0.2) is 23.1 Å². The number of methoxy groups -OCH3 is 1. The van der Waals surface area contributed by atoms with Gasteiger partial charge in [0.1, 0.15) is 10.6 Å². The lowest BCUT2D eigenvalue weighted by atomic mass is 9.72. The maximum atomic E-state index is 13.5. The molecule has 2 heterocycles. The number of hydrogen-bond donors (Lipinski definition) is 0. The van der Waals surface area contributed by atoms with Crippen LogP contribution in [0.3, 0.4) is 0 Å². The summed E-state index contributed by atoms with van der Waals surface area (Å²) in [5.41, 5.74) is 0.103. The normalized spacial score (nSPS) is 28.3. The average Bonchev–Trinajstić information content (AvgIpc) is 3.19. The molecule has 2 fully saturated rings. The summed E-state index contributed by atoms with van der Waals surface area (Å²) < 4.78 is 39.2. The van der Waals surface area contributed by atoms with Crippen molar-refractivity contribution in [3.63, 3.8) is 0 Å². The van der Waals surface area contributed by atoms with E-state index in [2.05, 4.69) is 0 Å². The molecular weight excluding hydrogens is 354 g/mol. The molecule has 1 aromatic rings. The second-order valence-electron chi connectivity index (χ2n) is 7.17. The predicted octanol–water partition coefficient (Wildman–Crippen LogP) is 2.89. The van der Waals surface area contributed by atoms with Crippen LogP contribution in [0.1, 0.15) is 45.1 Å². The molecule has 0 amide bonds. The van der Waals surface area contributed by atoms with E-state index in [0.29, 0.717) is 31.6 Å². The predicted molar refractivity (Wildman–Crippen MR) is 97.5 cm³/mol. The van der Waals surface area contributed by atoms with Gasteiger partial charge in [0, 0.05) is 12.1 Å². The number of ether oxygens (including phenoxy) is 2. The maximum Gasteiger partial charge on any atom is 0.313 e. The fraction of sp³-hybridized carbons (Fsp3) is 0.632. The molecule has 2 saturated heterocycles. The lowest BCUT2D eigenvalue weighted by Gasteiger charge is -2.34. The highest BCUT2D eigenvalue weighted by molar-refractivity contribution is 7.89.